The zero-order valence-corrected chi connectivity index (χ0v) is 14.5. The molecule has 1 heterocycles. The third-order valence-electron chi connectivity index (χ3n) is 3.01. The first-order valence-electron chi connectivity index (χ1n) is 6.75. The van der Waals surface area contributed by atoms with Gasteiger partial charge in [0.1, 0.15) is 17.9 Å². The molecule has 4 nitrogen and oxygen atoms in total. The van der Waals surface area contributed by atoms with Gasteiger partial charge in [0.05, 0.1) is 0 Å². The first-order valence-corrected chi connectivity index (χ1v) is 6.75. The highest BCUT2D eigenvalue weighted by molar-refractivity contribution is 14.0. The molecule has 0 aliphatic rings. The van der Waals surface area contributed by atoms with E-state index in [9.17, 15) is 0 Å². The zero-order chi connectivity index (χ0) is 13.7. The van der Waals surface area contributed by atoms with Crippen molar-refractivity contribution in [3.63, 3.8) is 0 Å². The fraction of sp³-hybridized carbons (Fsp3) is 0.400. The van der Waals surface area contributed by atoms with Crippen molar-refractivity contribution in [3.05, 3.63) is 35.6 Å². The third kappa shape index (κ3) is 3.88. The molecule has 0 saturated carbocycles. The Balaban J connectivity index is 0.00000200. The van der Waals surface area contributed by atoms with Crippen LogP contribution < -0.4 is 10.6 Å². The summed E-state index contributed by atoms with van der Waals surface area (Å²) in [6.45, 7) is 8.45. The predicted octanol–water partition coefficient (Wildman–Crippen LogP) is 3.43. The van der Waals surface area contributed by atoms with Crippen LogP contribution in [-0.4, -0.2) is 19.0 Å². The van der Waals surface area contributed by atoms with Crippen molar-refractivity contribution in [2.45, 2.75) is 27.3 Å². The van der Waals surface area contributed by atoms with E-state index in [2.05, 4.69) is 42.5 Å². The summed E-state index contributed by atoms with van der Waals surface area (Å²) in [4.78, 5) is 4.53. The molecule has 0 radical (unpaired) electrons. The molecule has 0 spiro atoms. The largest absolute Gasteiger partial charge is 0.459 e. The van der Waals surface area contributed by atoms with E-state index in [1.807, 2.05) is 18.2 Å². The number of benzene rings is 1. The number of fused-ring (bicyclic) bond motifs is 1. The Kier molecular flexibility index (Phi) is 6.84. The normalized spacial score (nSPS) is 9.95. The number of aryl methyl sites for hydroxylation is 1. The van der Waals surface area contributed by atoms with Gasteiger partial charge in [-0.2, -0.15) is 0 Å². The monoisotopic (exact) mass is 387 g/mol. The average Bonchev–Trinajstić information content (AvgIpc) is 2.74. The van der Waals surface area contributed by atoms with Crippen molar-refractivity contribution in [2.24, 2.45) is 4.99 Å². The Labute approximate surface area is 137 Å². The van der Waals surface area contributed by atoms with Gasteiger partial charge in [-0.15, -0.1) is 24.0 Å². The number of hydrogen-bond acceptors (Lipinski definition) is 2. The van der Waals surface area contributed by atoms with Gasteiger partial charge in [-0.1, -0.05) is 18.2 Å². The number of furan rings is 1. The van der Waals surface area contributed by atoms with Crippen molar-refractivity contribution < 1.29 is 4.42 Å². The van der Waals surface area contributed by atoms with Crippen LogP contribution in [-0.2, 0) is 6.54 Å². The second kappa shape index (κ2) is 8.14. The van der Waals surface area contributed by atoms with Crippen molar-refractivity contribution in [2.75, 3.05) is 13.1 Å². The van der Waals surface area contributed by atoms with E-state index in [0.717, 1.165) is 30.4 Å². The summed E-state index contributed by atoms with van der Waals surface area (Å²) in [5, 5.41) is 7.58. The second-order valence-corrected chi connectivity index (χ2v) is 4.37. The Morgan fingerprint density at radius 1 is 1.15 bits per heavy atom. The van der Waals surface area contributed by atoms with Gasteiger partial charge in [0.2, 0.25) is 0 Å². The lowest BCUT2D eigenvalue weighted by molar-refractivity contribution is 0.548. The highest BCUT2D eigenvalue weighted by Crippen LogP contribution is 2.25. The van der Waals surface area contributed by atoms with Crippen LogP contribution in [0.3, 0.4) is 0 Å². The van der Waals surface area contributed by atoms with Crippen molar-refractivity contribution in [1.29, 1.82) is 0 Å². The molecule has 0 aliphatic heterocycles. The van der Waals surface area contributed by atoms with E-state index in [1.165, 1.54) is 10.9 Å². The Bertz CT molecular complexity index is 570. The van der Waals surface area contributed by atoms with Crippen LogP contribution in [0.4, 0.5) is 0 Å². The number of aliphatic imine (C=N–C) groups is 1. The molecular weight excluding hydrogens is 365 g/mol. The molecule has 0 aliphatic carbocycles. The Morgan fingerprint density at radius 2 is 1.80 bits per heavy atom. The molecule has 0 amide bonds. The van der Waals surface area contributed by atoms with Gasteiger partial charge < -0.3 is 15.1 Å². The van der Waals surface area contributed by atoms with Gasteiger partial charge in [0, 0.05) is 24.0 Å². The van der Waals surface area contributed by atoms with Crippen molar-refractivity contribution in [1.82, 2.24) is 10.6 Å². The molecule has 1 aromatic heterocycles. The average molecular weight is 387 g/mol. The smallest absolute Gasteiger partial charge is 0.191 e. The minimum absolute atomic E-state index is 0. The number of nitrogens with zero attached hydrogens (tertiary/aromatic N) is 1. The summed E-state index contributed by atoms with van der Waals surface area (Å²) in [6.07, 6.45) is 0. The number of halogens is 1. The van der Waals surface area contributed by atoms with E-state index in [-0.39, 0.29) is 24.0 Å². The van der Waals surface area contributed by atoms with Gasteiger partial charge in [0.25, 0.3) is 0 Å². The summed E-state index contributed by atoms with van der Waals surface area (Å²) < 4.78 is 5.84. The standard InChI is InChI=1S/C15H21N3O.HI/c1-4-16-15(17-5-2)18-10-14-11(3)12-8-6-7-9-13(12)19-14;/h6-9H,4-5,10H2,1-3H3,(H2,16,17,18);1H. The van der Waals surface area contributed by atoms with Gasteiger partial charge in [-0.05, 0) is 26.8 Å². The molecular formula is C15H22IN3O. The molecule has 0 atom stereocenters. The van der Waals surface area contributed by atoms with E-state index in [1.54, 1.807) is 0 Å². The minimum Gasteiger partial charge on any atom is -0.459 e. The lowest BCUT2D eigenvalue weighted by atomic mass is 10.1. The summed E-state index contributed by atoms with van der Waals surface area (Å²) in [6, 6.07) is 8.09. The van der Waals surface area contributed by atoms with Crippen LogP contribution in [0.5, 0.6) is 0 Å². The Morgan fingerprint density at radius 3 is 2.40 bits per heavy atom. The van der Waals surface area contributed by atoms with Crippen LogP contribution >= 0.6 is 24.0 Å². The fourth-order valence-corrected chi connectivity index (χ4v) is 2.04. The maximum absolute atomic E-state index is 5.84. The number of para-hydroxylation sites is 1. The molecule has 1 aromatic carbocycles. The lowest BCUT2D eigenvalue weighted by Gasteiger charge is -2.08. The number of guanidine groups is 1. The van der Waals surface area contributed by atoms with Crippen molar-refractivity contribution in [3.8, 4) is 0 Å². The lowest BCUT2D eigenvalue weighted by Crippen LogP contribution is -2.36. The second-order valence-electron chi connectivity index (χ2n) is 4.37. The van der Waals surface area contributed by atoms with Crippen LogP contribution in [0.2, 0.25) is 0 Å². The molecule has 5 heteroatoms. The van der Waals surface area contributed by atoms with Gasteiger partial charge in [-0.3, -0.25) is 0 Å². The minimum atomic E-state index is 0. The van der Waals surface area contributed by atoms with Gasteiger partial charge in [0.15, 0.2) is 5.96 Å². The van der Waals surface area contributed by atoms with Crippen LogP contribution in [0.25, 0.3) is 11.0 Å². The number of rotatable bonds is 4. The molecule has 0 bridgehead atoms. The van der Waals surface area contributed by atoms with Gasteiger partial charge in [-0.25, -0.2) is 4.99 Å². The first-order chi connectivity index (χ1) is 9.26. The molecule has 20 heavy (non-hydrogen) atoms. The quantitative estimate of drug-likeness (QED) is 0.480. The summed E-state index contributed by atoms with van der Waals surface area (Å²) in [5.74, 6) is 1.75. The molecule has 0 fully saturated rings. The molecule has 2 N–H and O–H groups in total. The third-order valence-corrected chi connectivity index (χ3v) is 3.01. The fourth-order valence-electron chi connectivity index (χ4n) is 2.04. The highest BCUT2D eigenvalue weighted by atomic mass is 127. The van der Waals surface area contributed by atoms with Crippen molar-refractivity contribution >= 4 is 40.9 Å². The zero-order valence-electron chi connectivity index (χ0n) is 12.2. The van der Waals surface area contributed by atoms with Crippen LogP contribution in [0, 0.1) is 6.92 Å². The SMILES string of the molecule is CCNC(=NCc1oc2ccccc2c1C)NCC.I. The maximum atomic E-state index is 5.84. The topological polar surface area (TPSA) is 49.6 Å². The molecule has 2 rings (SSSR count). The summed E-state index contributed by atoms with van der Waals surface area (Å²) in [5.41, 5.74) is 2.10. The molecule has 2 aromatic rings. The van der Waals surface area contributed by atoms with E-state index in [4.69, 9.17) is 4.42 Å². The van der Waals surface area contributed by atoms with E-state index < -0.39 is 0 Å². The Hall–Kier alpha value is -1.24. The highest BCUT2D eigenvalue weighted by Gasteiger charge is 2.09. The van der Waals surface area contributed by atoms with Crippen LogP contribution in [0.15, 0.2) is 33.7 Å². The van der Waals surface area contributed by atoms with Gasteiger partial charge >= 0.3 is 0 Å². The molecule has 0 unspecified atom stereocenters. The maximum Gasteiger partial charge on any atom is 0.191 e. The number of hydrogen-bond donors (Lipinski definition) is 2. The number of nitrogens with one attached hydrogen (secondary N) is 2. The molecule has 0 saturated heterocycles. The summed E-state index contributed by atoms with van der Waals surface area (Å²) >= 11 is 0. The van der Waals surface area contributed by atoms with E-state index in [0.29, 0.717) is 6.54 Å². The van der Waals surface area contributed by atoms with Crippen LogP contribution in [0.1, 0.15) is 25.2 Å². The molecule has 110 valence electrons. The summed E-state index contributed by atoms with van der Waals surface area (Å²) in [7, 11) is 0. The first kappa shape index (κ1) is 16.8. The van der Waals surface area contributed by atoms with E-state index >= 15 is 0 Å². The predicted molar refractivity (Wildman–Crippen MR) is 94.9 cm³/mol.